The number of Topliss-reactive ketones (excluding diaryl/α,β-unsaturated/α-hetero) is 1. The number of pyridine rings is 1. The van der Waals surface area contributed by atoms with Crippen LogP contribution >= 0.6 is 0 Å². The van der Waals surface area contributed by atoms with Crippen LogP contribution in [0.3, 0.4) is 0 Å². The van der Waals surface area contributed by atoms with E-state index in [0.717, 1.165) is 57.4 Å². The first kappa shape index (κ1) is 24.2. The van der Waals surface area contributed by atoms with Crippen LogP contribution in [-0.4, -0.2) is 58.8 Å². The van der Waals surface area contributed by atoms with Gasteiger partial charge in [0.2, 0.25) is 0 Å². The van der Waals surface area contributed by atoms with Crippen molar-refractivity contribution in [1.29, 1.82) is 0 Å². The Morgan fingerprint density at radius 2 is 1.67 bits per heavy atom. The van der Waals surface area contributed by atoms with E-state index in [2.05, 4.69) is 25.6 Å². The zero-order chi connectivity index (χ0) is 25.2. The fraction of sp³-hybridized carbons (Fsp3) is 0.481. The van der Waals surface area contributed by atoms with E-state index in [1.54, 1.807) is 31.3 Å². The van der Waals surface area contributed by atoms with Crippen molar-refractivity contribution in [3.05, 3.63) is 53.2 Å². The first-order chi connectivity index (χ1) is 17.4. The Labute approximate surface area is 211 Å². The molecule has 2 unspecified atom stereocenters. The molecule has 3 aliphatic rings. The number of hydrogen-bond donors (Lipinski definition) is 3. The van der Waals surface area contributed by atoms with Crippen molar-refractivity contribution in [3.8, 4) is 0 Å². The van der Waals surface area contributed by atoms with Crippen molar-refractivity contribution in [1.82, 2.24) is 15.3 Å². The van der Waals surface area contributed by atoms with Crippen molar-refractivity contribution >= 4 is 29.1 Å². The lowest BCUT2D eigenvalue weighted by Crippen LogP contribution is -2.50. The van der Waals surface area contributed by atoms with Gasteiger partial charge in [0.25, 0.3) is 11.8 Å². The Balaban J connectivity index is 1.26. The molecule has 9 heteroatoms. The molecule has 2 amide bonds. The highest BCUT2D eigenvalue weighted by atomic mass is 16.2. The smallest absolute Gasteiger partial charge is 0.251 e. The Morgan fingerprint density at radius 1 is 0.972 bits per heavy atom. The fourth-order valence-electron chi connectivity index (χ4n) is 5.85. The number of ketones is 1. The number of carbonyl (C=O) groups excluding carboxylic acids is 3. The lowest BCUT2D eigenvalue weighted by atomic mass is 9.96. The summed E-state index contributed by atoms with van der Waals surface area (Å²) in [7, 11) is 0. The minimum Gasteiger partial charge on any atom is -0.366 e. The Hall–Kier alpha value is -3.46. The van der Waals surface area contributed by atoms with Crippen LogP contribution in [0.25, 0.3) is 0 Å². The van der Waals surface area contributed by atoms with E-state index < -0.39 is 5.91 Å². The van der Waals surface area contributed by atoms with E-state index in [1.807, 2.05) is 12.1 Å². The zero-order valence-electron chi connectivity index (χ0n) is 20.7. The van der Waals surface area contributed by atoms with Crippen LogP contribution < -0.4 is 21.4 Å². The first-order valence-electron chi connectivity index (χ1n) is 12.9. The summed E-state index contributed by atoms with van der Waals surface area (Å²) in [4.78, 5) is 43.7. The van der Waals surface area contributed by atoms with E-state index in [4.69, 9.17) is 5.73 Å². The van der Waals surface area contributed by atoms with Gasteiger partial charge in [0.05, 0.1) is 11.3 Å². The van der Waals surface area contributed by atoms with Crippen LogP contribution in [0.1, 0.15) is 82.9 Å². The Morgan fingerprint density at radius 3 is 2.28 bits per heavy atom. The van der Waals surface area contributed by atoms with Crippen LogP contribution in [0.5, 0.6) is 0 Å². The third-order valence-corrected chi connectivity index (χ3v) is 7.67. The fourth-order valence-corrected chi connectivity index (χ4v) is 5.85. The Bertz CT molecular complexity index is 1130. The summed E-state index contributed by atoms with van der Waals surface area (Å²) < 4.78 is 0. The summed E-state index contributed by atoms with van der Waals surface area (Å²) >= 11 is 0. The van der Waals surface area contributed by atoms with Crippen LogP contribution in [0.2, 0.25) is 0 Å². The molecule has 0 aliphatic carbocycles. The standard InChI is InChI=1S/C27H34N6O3/c1-17(34)19-6-10-25(29-16-19)33-21-7-8-22(33)15-20(14-21)30-27(36)18-5-9-23(26(28)35)24(13-18)31-32-11-3-2-4-12-32/h5-6,9-10,13,16,20-22,31H,2-4,7-8,11-12,14-15H2,1H3,(H2,28,35)(H,30,36). The van der Waals surface area contributed by atoms with Gasteiger partial charge in [-0.15, -0.1) is 0 Å². The predicted octanol–water partition coefficient (Wildman–Crippen LogP) is 3.13. The number of rotatable bonds is 7. The molecule has 3 fully saturated rings. The second-order valence-electron chi connectivity index (χ2n) is 10.2. The Kier molecular flexibility index (Phi) is 6.91. The van der Waals surface area contributed by atoms with Gasteiger partial charge < -0.3 is 21.4 Å². The second kappa shape index (κ2) is 10.3. The average molecular weight is 491 g/mol. The van der Waals surface area contributed by atoms with Gasteiger partial charge in [-0.05, 0) is 75.8 Å². The highest BCUT2D eigenvalue weighted by Crippen LogP contribution is 2.38. The average Bonchev–Trinajstić information content (AvgIpc) is 3.14. The van der Waals surface area contributed by atoms with E-state index in [9.17, 15) is 14.4 Å². The molecule has 5 rings (SSSR count). The number of anilines is 2. The molecule has 2 aromatic rings. The number of hydrazine groups is 1. The van der Waals surface area contributed by atoms with Gasteiger partial charge >= 0.3 is 0 Å². The van der Waals surface area contributed by atoms with Gasteiger partial charge in [-0.2, -0.15) is 0 Å². The molecule has 2 bridgehead atoms. The summed E-state index contributed by atoms with van der Waals surface area (Å²) in [6, 6.07) is 9.47. The molecule has 36 heavy (non-hydrogen) atoms. The van der Waals surface area contributed by atoms with Crippen LogP contribution in [0.4, 0.5) is 11.5 Å². The number of benzene rings is 1. The van der Waals surface area contributed by atoms with E-state index in [-0.39, 0.29) is 17.7 Å². The van der Waals surface area contributed by atoms with E-state index >= 15 is 0 Å². The van der Waals surface area contributed by atoms with Gasteiger partial charge in [-0.25, -0.2) is 9.99 Å². The highest BCUT2D eigenvalue weighted by molar-refractivity contribution is 6.02. The third kappa shape index (κ3) is 5.06. The number of nitrogens with one attached hydrogen (secondary N) is 2. The number of primary amides is 1. The third-order valence-electron chi connectivity index (χ3n) is 7.67. The normalized spacial score (nSPS) is 23.8. The number of aromatic nitrogens is 1. The summed E-state index contributed by atoms with van der Waals surface area (Å²) in [5.41, 5.74) is 11.0. The summed E-state index contributed by atoms with van der Waals surface area (Å²) in [6.45, 7) is 3.33. The molecule has 190 valence electrons. The molecule has 3 saturated heterocycles. The number of hydrogen-bond acceptors (Lipinski definition) is 7. The number of nitrogens with two attached hydrogens (primary N) is 1. The summed E-state index contributed by atoms with van der Waals surface area (Å²) in [5.74, 6) is 0.245. The van der Waals surface area contributed by atoms with Gasteiger partial charge in [-0.1, -0.05) is 6.42 Å². The highest BCUT2D eigenvalue weighted by Gasteiger charge is 2.41. The minimum absolute atomic E-state index is 0.0107. The maximum Gasteiger partial charge on any atom is 0.251 e. The molecular formula is C27H34N6O3. The number of carbonyl (C=O) groups is 3. The molecule has 4 N–H and O–H groups in total. The largest absolute Gasteiger partial charge is 0.366 e. The summed E-state index contributed by atoms with van der Waals surface area (Å²) in [5, 5.41) is 5.30. The molecule has 0 spiro atoms. The molecule has 2 atom stereocenters. The quantitative estimate of drug-likeness (QED) is 0.510. The maximum absolute atomic E-state index is 13.2. The second-order valence-corrected chi connectivity index (χ2v) is 10.2. The summed E-state index contributed by atoms with van der Waals surface area (Å²) in [6.07, 6.45) is 8.84. The van der Waals surface area contributed by atoms with Crippen LogP contribution in [0, 0.1) is 0 Å². The molecule has 9 nitrogen and oxygen atoms in total. The monoisotopic (exact) mass is 490 g/mol. The zero-order valence-corrected chi connectivity index (χ0v) is 20.7. The maximum atomic E-state index is 13.2. The SMILES string of the molecule is CC(=O)c1ccc(N2C3CCC2CC(NC(=O)c2ccc(C(N)=O)c(NN4CCCCC4)c2)C3)nc1. The topological polar surface area (TPSA) is 121 Å². The van der Waals surface area contributed by atoms with E-state index in [1.165, 1.54) is 6.42 Å². The molecular weight excluding hydrogens is 456 g/mol. The molecule has 3 aliphatic heterocycles. The van der Waals surface area contributed by atoms with Crippen molar-refractivity contribution in [2.24, 2.45) is 5.73 Å². The van der Waals surface area contributed by atoms with Crippen molar-refractivity contribution < 1.29 is 14.4 Å². The first-order valence-corrected chi connectivity index (χ1v) is 12.9. The van der Waals surface area contributed by atoms with Gasteiger partial charge in [0, 0.05) is 48.5 Å². The predicted molar refractivity (Wildman–Crippen MR) is 138 cm³/mol. The van der Waals surface area contributed by atoms with Gasteiger partial charge in [0.15, 0.2) is 5.78 Å². The number of fused-ring (bicyclic) bond motifs is 2. The van der Waals surface area contributed by atoms with Crippen molar-refractivity contribution in [2.75, 3.05) is 23.4 Å². The van der Waals surface area contributed by atoms with Crippen LogP contribution in [0.15, 0.2) is 36.5 Å². The molecule has 0 radical (unpaired) electrons. The lowest BCUT2D eigenvalue weighted by molar-refractivity contribution is 0.0924. The molecule has 0 saturated carbocycles. The number of piperidine rings is 2. The molecule has 1 aromatic heterocycles. The number of amides is 2. The lowest BCUT2D eigenvalue weighted by Gasteiger charge is -2.40. The van der Waals surface area contributed by atoms with Gasteiger partial charge in [-0.3, -0.25) is 14.4 Å². The van der Waals surface area contributed by atoms with Crippen LogP contribution in [-0.2, 0) is 0 Å². The van der Waals surface area contributed by atoms with Crippen molar-refractivity contribution in [2.45, 2.75) is 70.0 Å². The molecule has 1 aromatic carbocycles. The van der Waals surface area contributed by atoms with Gasteiger partial charge in [0.1, 0.15) is 5.82 Å². The number of nitrogens with zero attached hydrogens (tertiary/aromatic N) is 3. The van der Waals surface area contributed by atoms with E-state index in [0.29, 0.717) is 34.5 Å². The van der Waals surface area contributed by atoms with Crippen molar-refractivity contribution in [3.63, 3.8) is 0 Å². The minimum atomic E-state index is -0.518. The molecule has 4 heterocycles.